The summed E-state index contributed by atoms with van der Waals surface area (Å²) in [5.74, 6) is 0. The summed E-state index contributed by atoms with van der Waals surface area (Å²) in [6, 6.07) is 0. The van der Waals surface area contributed by atoms with Crippen LogP contribution in [0.1, 0.15) is 6.42 Å². The van der Waals surface area contributed by atoms with Crippen LogP contribution >= 0.6 is 0 Å². The minimum absolute atomic E-state index is 0.726. The summed E-state index contributed by atoms with van der Waals surface area (Å²) in [7, 11) is 0. The molecule has 4 saturated heterocycles. The summed E-state index contributed by atoms with van der Waals surface area (Å²) in [4.78, 5) is 10.9. The third kappa shape index (κ3) is 1.16. The SMILES string of the molecule is C1CN2CCN3CCN4CCN(C1)C2C34. The van der Waals surface area contributed by atoms with Crippen molar-refractivity contribution in [1.29, 1.82) is 0 Å². The van der Waals surface area contributed by atoms with Crippen LogP contribution in [0.3, 0.4) is 0 Å². The van der Waals surface area contributed by atoms with Gasteiger partial charge in [-0.05, 0) is 6.42 Å². The fourth-order valence-corrected chi connectivity index (χ4v) is 3.97. The van der Waals surface area contributed by atoms with E-state index in [0.29, 0.717) is 0 Å². The summed E-state index contributed by atoms with van der Waals surface area (Å²) in [6.07, 6.45) is 2.83. The normalized spacial score (nSPS) is 43.2. The Morgan fingerprint density at radius 1 is 0.467 bits per heavy atom. The molecule has 0 unspecified atom stereocenters. The first-order valence-electron chi connectivity index (χ1n) is 6.40. The first kappa shape index (κ1) is 8.93. The van der Waals surface area contributed by atoms with E-state index in [1.807, 2.05) is 0 Å². The fraction of sp³-hybridized carbons (Fsp3) is 1.00. The van der Waals surface area contributed by atoms with Crippen LogP contribution in [-0.4, -0.2) is 84.3 Å². The summed E-state index contributed by atoms with van der Waals surface area (Å²) < 4.78 is 0. The second-order valence-electron chi connectivity index (χ2n) is 5.32. The molecule has 15 heavy (non-hydrogen) atoms. The molecule has 0 saturated carbocycles. The highest BCUT2D eigenvalue weighted by molar-refractivity contribution is 5.00. The number of hydrogen-bond donors (Lipinski definition) is 0. The first-order valence-corrected chi connectivity index (χ1v) is 6.40. The van der Waals surface area contributed by atoms with Gasteiger partial charge < -0.3 is 0 Å². The van der Waals surface area contributed by atoms with Gasteiger partial charge in [0.05, 0.1) is 12.3 Å². The Labute approximate surface area is 91.4 Å². The maximum absolute atomic E-state index is 2.72. The number of rotatable bonds is 0. The molecule has 0 aromatic rings. The quantitative estimate of drug-likeness (QED) is 0.521. The average Bonchev–Trinajstić information content (AvgIpc) is 2.71. The fourth-order valence-electron chi connectivity index (χ4n) is 3.97. The molecule has 0 spiro atoms. The number of nitrogens with zero attached hydrogens (tertiary/aromatic N) is 4. The lowest BCUT2D eigenvalue weighted by atomic mass is 10.1. The van der Waals surface area contributed by atoms with Crippen molar-refractivity contribution in [2.24, 2.45) is 0 Å². The number of piperazine rings is 2. The highest BCUT2D eigenvalue weighted by Gasteiger charge is 2.49. The van der Waals surface area contributed by atoms with E-state index in [1.54, 1.807) is 0 Å². The molecule has 4 fully saturated rings. The van der Waals surface area contributed by atoms with Gasteiger partial charge in [0.1, 0.15) is 0 Å². The van der Waals surface area contributed by atoms with E-state index < -0.39 is 0 Å². The molecular formula is C11H20N4. The van der Waals surface area contributed by atoms with E-state index in [9.17, 15) is 0 Å². The maximum Gasteiger partial charge on any atom is 0.0923 e. The molecule has 0 N–H and O–H groups in total. The largest absolute Gasteiger partial charge is 0.284 e. The second-order valence-corrected chi connectivity index (χ2v) is 5.32. The maximum atomic E-state index is 2.72. The molecule has 84 valence electrons. The van der Waals surface area contributed by atoms with E-state index in [-0.39, 0.29) is 0 Å². The summed E-state index contributed by atoms with van der Waals surface area (Å²) >= 11 is 0. The summed E-state index contributed by atoms with van der Waals surface area (Å²) in [5, 5.41) is 0. The van der Waals surface area contributed by atoms with E-state index in [1.165, 1.54) is 58.8 Å². The zero-order chi connectivity index (χ0) is 9.83. The summed E-state index contributed by atoms with van der Waals surface area (Å²) in [6.45, 7) is 10.5. The Kier molecular flexibility index (Phi) is 1.89. The predicted molar refractivity (Wildman–Crippen MR) is 58.5 cm³/mol. The molecule has 4 aliphatic rings. The monoisotopic (exact) mass is 208 g/mol. The van der Waals surface area contributed by atoms with Gasteiger partial charge in [-0.3, -0.25) is 19.6 Å². The number of hydrogen-bond acceptors (Lipinski definition) is 4. The Morgan fingerprint density at radius 2 is 0.800 bits per heavy atom. The molecule has 0 amide bonds. The Morgan fingerprint density at radius 3 is 1.20 bits per heavy atom. The highest BCUT2D eigenvalue weighted by Crippen LogP contribution is 2.32. The molecule has 0 aliphatic carbocycles. The van der Waals surface area contributed by atoms with Crippen molar-refractivity contribution in [3.05, 3.63) is 0 Å². The van der Waals surface area contributed by atoms with Crippen LogP contribution < -0.4 is 0 Å². The Bertz CT molecular complexity index is 245. The van der Waals surface area contributed by atoms with Crippen molar-refractivity contribution < 1.29 is 0 Å². The highest BCUT2D eigenvalue weighted by atomic mass is 15.6. The van der Waals surface area contributed by atoms with Crippen molar-refractivity contribution in [1.82, 2.24) is 19.6 Å². The van der Waals surface area contributed by atoms with E-state index in [4.69, 9.17) is 0 Å². The molecule has 4 heteroatoms. The van der Waals surface area contributed by atoms with Crippen LogP contribution in [0.15, 0.2) is 0 Å². The van der Waals surface area contributed by atoms with Crippen LogP contribution in [0.2, 0.25) is 0 Å². The average molecular weight is 208 g/mol. The van der Waals surface area contributed by atoms with Crippen LogP contribution in [0.5, 0.6) is 0 Å². The molecule has 0 radical (unpaired) electrons. The molecule has 0 bridgehead atoms. The third-order valence-corrected chi connectivity index (χ3v) is 4.68. The van der Waals surface area contributed by atoms with Crippen LogP contribution in [0.25, 0.3) is 0 Å². The smallest absolute Gasteiger partial charge is 0.0923 e. The van der Waals surface area contributed by atoms with Crippen LogP contribution in [0.4, 0.5) is 0 Å². The first-order chi connectivity index (χ1) is 7.43. The van der Waals surface area contributed by atoms with Gasteiger partial charge in [-0.2, -0.15) is 0 Å². The standard InChI is InChI=1S/C11H20N4/c1-2-12-4-6-14-8-9-15-7-5-13(3-1)10(12)11(14)15/h10-11H,1-9H2. The molecule has 0 aromatic carbocycles. The van der Waals surface area contributed by atoms with Gasteiger partial charge in [-0.25, -0.2) is 0 Å². The predicted octanol–water partition coefficient (Wildman–Crippen LogP) is -0.709. The van der Waals surface area contributed by atoms with Gasteiger partial charge in [-0.1, -0.05) is 0 Å². The van der Waals surface area contributed by atoms with Gasteiger partial charge >= 0.3 is 0 Å². The van der Waals surface area contributed by atoms with Crippen LogP contribution in [0, 0.1) is 0 Å². The molecule has 4 rings (SSSR count). The minimum Gasteiger partial charge on any atom is -0.284 e. The van der Waals surface area contributed by atoms with Gasteiger partial charge in [0, 0.05) is 52.4 Å². The Hall–Kier alpha value is -0.160. The zero-order valence-electron chi connectivity index (χ0n) is 9.31. The molecule has 4 heterocycles. The lowest BCUT2D eigenvalue weighted by Crippen LogP contribution is -2.72. The topological polar surface area (TPSA) is 13.0 Å². The van der Waals surface area contributed by atoms with E-state index in [2.05, 4.69) is 19.6 Å². The third-order valence-electron chi connectivity index (χ3n) is 4.68. The van der Waals surface area contributed by atoms with Crippen molar-refractivity contribution in [3.63, 3.8) is 0 Å². The zero-order valence-corrected chi connectivity index (χ0v) is 9.31. The minimum atomic E-state index is 0.726. The molecule has 4 nitrogen and oxygen atoms in total. The molecular weight excluding hydrogens is 188 g/mol. The van der Waals surface area contributed by atoms with E-state index >= 15 is 0 Å². The lowest BCUT2D eigenvalue weighted by molar-refractivity contribution is -0.136. The van der Waals surface area contributed by atoms with Gasteiger partial charge in [0.25, 0.3) is 0 Å². The molecule has 4 aliphatic heterocycles. The van der Waals surface area contributed by atoms with E-state index in [0.717, 1.165) is 12.3 Å². The van der Waals surface area contributed by atoms with Gasteiger partial charge in [-0.15, -0.1) is 0 Å². The lowest BCUT2D eigenvalue weighted by Gasteiger charge is -2.56. The van der Waals surface area contributed by atoms with Crippen molar-refractivity contribution >= 4 is 0 Å². The van der Waals surface area contributed by atoms with Crippen molar-refractivity contribution in [2.45, 2.75) is 18.8 Å². The Balaban J connectivity index is 1.69. The van der Waals surface area contributed by atoms with Gasteiger partial charge in [0.2, 0.25) is 0 Å². The van der Waals surface area contributed by atoms with Crippen LogP contribution in [-0.2, 0) is 0 Å². The molecule has 0 aromatic heterocycles. The second kappa shape index (κ2) is 3.17. The van der Waals surface area contributed by atoms with Crippen molar-refractivity contribution in [2.75, 3.05) is 52.4 Å². The molecule has 0 atom stereocenters. The van der Waals surface area contributed by atoms with Crippen molar-refractivity contribution in [3.8, 4) is 0 Å². The summed E-state index contributed by atoms with van der Waals surface area (Å²) in [5.41, 5.74) is 0. The van der Waals surface area contributed by atoms with Gasteiger partial charge in [0.15, 0.2) is 0 Å².